The summed E-state index contributed by atoms with van der Waals surface area (Å²) in [5, 5.41) is 12.8. The Kier molecular flexibility index (Phi) is 4.77. The standard InChI is InChI=1S/C17H17N5O5S/c1-10(2)28(26,27)21-15-7-6-12(9-14(15)20-17(21)18)19-16(23)11-4-3-5-13(8-11)22(24)25/h3-10H,1-2H3,(H2,18,20)(H,19,23). The predicted molar refractivity (Wildman–Crippen MR) is 105 cm³/mol. The third-order valence-corrected chi connectivity index (χ3v) is 6.15. The Balaban J connectivity index is 1.95. The Labute approximate surface area is 160 Å². The number of hydrogen-bond donors (Lipinski definition) is 2. The van der Waals surface area contributed by atoms with Gasteiger partial charge in [-0.05, 0) is 38.1 Å². The van der Waals surface area contributed by atoms with E-state index in [0.717, 1.165) is 10.0 Å². The van der Waals surface area contributed by atoms with Gasteiger partial charge in [-0.1, -0.05) is 6.07 Å². The van der Waals surface area contributed by atoms with Crippen LogP contribution in [0.5, 0.6) is 0 Å². The average molecular weight is 403 g/mol. The van der Waals surface area contributed by atoms with Gasteiger partial charge in [-0.25, -0.2) is 17.4 Å². The molecule has 0 fully saturated rings. The van der Waals surface area contributed by atoms with Crippen molar-refractivity contribution < 1.29 is 18.1 Å². The number of hydrogen-bond acceptors (Lipinski definition) is 7. The molecular formula is C17H17N5O5S. The highest BCUT2D eigenvalue weighted by molar-refractivity contribution is 7.90. The number of nitrogens with zero attached hydrogens (tertiary/aromatic N) is 3. The normalized spacial score (nSPS) is 11.7. The zero-order valence-electron chi connectivity index (χ0n) is 15.0. The second-order valence-corrected chi connectivity index (χ2v) is 8.63. The monoisotopic (exact) mass is 403 g/mol. The molecule has 11 heteroatoms. The zero-order chi connectivity index (χ0) is 20.6. The van der Waals surface area contributed by atoms with Gasteiger partial charge in [0.2, 0.25) is 16.0 Å². The number of fused-ring (bicyclic) bond motifs is 1. The van der Waals surface area contributed by atoms with Crippen LogP contribution in [-0.2, 0) is 10.0 Å². The van der Waals surface area contributed by atoms with E-state index in [4.69, 9.17) is 5.73 Å². The summed E-state index contributed by atoms with van der Waals surface area (Å²) in [5.74, 6) is -0.726. The van der Waals surface area contributed by atoms with E-state index in [9.17, 15) is 23.3 Å². The van der Waals surface area contributed by atoms with Gasteiger partial charge in [-0.3, -0.25) is 14.9 Å². The van der Waals surface area contributed by atoms with Gasteiger partial charge < -0.3 is 11.1 Å². The zero-order valence-corrected chi connectivity index (χ0v) is 15.8. The van der Waals surface area contributed by atoms with Gasteiger partial charge in [-0.2, -0.15) is 0 Å². The number of aromatic nitrogens is 2. The van der Waals surface area contributed by atoms with Crippen LogP contribution in [0.25, 0.3) is 11.0 Å². The fourth-order valence-electron chi connectivity index (χ4n) is 2.60. The summed E-state index contributed by atoms with van der Waals surface area (Å²) in [4.78, 5) is 26.7. The van der Waals surface area contributed by atoms with Crippen LogP contribution in [0.1, 0.15) is 24.2 Å². The quantitative estimate of drug-likeness (QED) is 0.490. The minimum atomic E-state index is -3.70. The maximum atomic E-state index is 12.5. The van der Waals surface area contributed by atoms with Crippen LogP contribution in [0.4, 0.5) is 17.3 Å². The number of nitrogens with two attached hydrogens (primary N) is 1. The van der Waals surface area contributed by atoms with E-state index in [1.165, 1.54) is 50.2 Å². The van der Waals surface area contributed by atoms with Crippen molar-refractivity contribution in [2.24, 2.45) is 0 Å². The molecule has 0 aliphatic carbocycles. The summed E-state index contributed by atoms with van der Waals surface area (Å²) in [6.45, 7) is 3.07. The van der Waals surface area contributed by atoms with Crippen molar-refractivity contribution >= 4 is 44.3 Å². The number of carbonyl (C=O) groups is 1. The minimum absolute atomic E-state index is 0.113. The number of rotatable bonds is 5. The van der Waals surface area contributed by atoms with E-state index in [1.807, 2.05) is 0 Å². The molecule has 10 nitrogen and oxygen atoms in total. The van der Waals surface area contributed by atoms with Crippen LogP contribution in [0.15, 0.2) is 42.5 Å². The molecule has 28 heavy (non-hydrogen) atoms. The summed E-state index contributed by atoms with van der Waals surface area (Å²) >= 11 is 0. The van der Waals surface area contributed by atoms with Crippen LogP contribution < -0.4 is 11.1 Å². The molecule has 0 spiro atoms. The van der Waals surface area contributed by atoms with Crippen molar-refractivity contribution in [1.29, 1.82) is 0 Å². The van der Waals surface area contributed by atoms with Crippen LogP contribution in [-0.4, -0.2) is 33.5 Å². The van der Waals surface area contributed by atoms with E-state index in [-0.39, 0.29) is 17.2 Å². The number of non-ortho nitro benzene ring substituents is 1. The molecule has 1 amide bonds. The number of nitrogens with one attached hydrogen (secondary N) is 1. The number of nitro groups is 1. The molecule has 0 aliphatic rings. The van der Waals surface area contributed by atoms with Gasteiger partial charge in [-0.15, -0.1) is 0 Å². The molecule has 1 aromatic heterocycles. The third kappa shape index (κ3) is 3.39. The summed E-state index contributed by atoms with van der Waals surface area (Å²) < 4.78 is 25.9. The first-order valence-electron chi connectivity index (χ1n) is 8.19. The number of nitrogen functional groups attached to an aromatic ring is 1. The van der Waals surface area contributed by atoms with Crippen molar-refractivity contribution in [1.82, 2.24) is 8.96 Å². The van der Waals surface area contributed by atoms with Gasteiger partial charge in [0.1, 0.15) is 0 Å². The van der Waals surface area contributed by atoms with E-state index in [2.05, 4.69) is 10.3 Å². The van der Waals surface area contributed by atoms with Crippen molar-refractivity contribution in [2.75, 3.05) is 11.1 Å². The third-order valence-electron chi connectivity index (χ3n) is 4.06. The first-order chi connectivity index (χ1) is 13.1. The van der Waals surface area contributed by atoms with Crippen molar-refractivity contribution in [3.63, 3.8) is 0 Å². The summed E-state index contributed by atoms with van der Waals surface area (Å²) in [6, 6.07) is 9.78. The Morgan fingerprint density at radius 1 is 1.25 bits per heavy atom. The molecule has 3 N–H and O–H groups in total. The molecule has 0 bridgehead atoms. The van der Waals surface area contributed by atoms with Crippen LogP contribution >= 0.6 is 0 Å². The number of anilines is 2. The fourth-order valence-corrected chi connectivity index (χ4v) is 3.75. The highest BCUT2D eigenvalue weighted by Gasteiger charge is 2.24. The molecule has 3 rings (SSSR count). The van der Waals surface area contributed by atoms with Crippen LogP contribution in [0.3, 0.4) is 0 Å². The summed E-state index contributed by atoms with van der Waals surface area (Å²) in [7, 11) is -3.70. The molecule has 0 saturated heterocycles. The molecule has 3 aromatic rings. The topological polar surface area (TPSA) is 150 Å². The van der Waals surface area contributed by atoms with Crippen LogP contribution in [0.2, 0.25) is 0 Å². The smallest absolute Gasteiger partial charge is 0.270 e. The number of nitro benzene ring substituents is 1. The van der Waals surface area contributed by atoms with E-state index >= 15 is 0 Å². The maximum Gasteiger partial charge on any atom is 0.270 e. The molecule has 0 atom stereocenters. The minimum Gasteiger partial charge on any atom is -0.368 e. The molecule has 0 unspecified atom stereocenters. The maximum absolute atomic E-state index is 12.5. The van der Waals surface area contributed by atoms with Gasteiger partial charge in [0.15, 0.2) is 0 Å². The van der Waals surface area contributed by atoms with Gasteiger partial charge in [0.05, 0.1) is 21.2 Å². The van der Waals surface area contributed by atoms with E-state index in [1.54, 1.807) is 0 Å². The average Bonchev–Trinajstić information content (AvgIpc) is 2.97. The summed E-state index contributed by atoms with van der Waals surface area (Å²) in [5.41, 5.74) is 6.62. The number of carbonyl (C=O) groups excluding carboxylic acids is 1. The lowest BCUT2D eigenvalue weighted by molar-refractivity contribution is -0.384. The molecule has 146 valence electrons. The Morgan fingerprint density at radius 3 is 2.61 bits per heavy atom. The predicted octanol–water partition coefficient (Wildman–Crippen LogP) is 2.37. The molecular weight excluding hydrogens is 386 g/mol. The first kappa shape index (κ1) is 19.3. The lowest BCUT2D eigenvalue weighted by Gasteiger charge is -2.11. The lowest BCUT2D eigenvalue weighted by atomic mass is 10.2. The second kappa shape index (κ2) is 6.93. The highest BCUT2D eigenvalue weighted by atomic mass is 32.2. The molecule has 1 heterocycles. The molecule has 0 saturated carbocycles. The van der Waals surface area contributed by atoms with Crippen molar-refractivity contribution in [3.05, 3.63) is 58.1 Å². The molecule has 2 aromatic carbocycles. The number of imidazole rings is 1. The number of benzene rings is 2. The van der Waals surface area contributed by atoms with E-state index < -0.39 is 26.1 Å². The highest BCUT2D eigenvalue weighted by Crippen LogP contribution is 2.25. The molecule has 0 aliphatic heterocycles. The van der Waals surface area contributed by atoms with Crippen molar-refractivity contribution in [2.45, 2.75) is 19.1 Å². The Bertz CT molecular complexity index is 1200. The van der Waals surface area contributed by atoms with Gasteiger partial charge in [0.25, 0.3) is 11.6 Å². The lowest BCUT2D eigenvalue weighted by Crippen LogP contribution is -2.23. The second-order valence-electron chi connectivity index (χ2n) is 6.29. The van der Waals surface area contributed by atoms with Crippen molar-refractivity contribution in [3.8, 4) is 0 Å². The van der Waals surface area contributed by atoms with Crippen LogP contribution in [0, 0.1) is 10.1 Å². The largest absolute Gasteiger partial charge is 0.368 e. The Morgan fingerprint density at radius 2 is 1.96 bits per heavy atom. The molecule has 0 radical (unpaired) electrons. The summed E-state index contributed by atoms with van der Waals surface area (Å²) in [6.07, 6.45) is 0. The van der Waals surface area contributed by atoms with Gasteiger partial charge in [0, 0.05) is 23.4 Å². The fraction of sp³-hybridized carbons (Fsp3) is 0.176. The SMILES string of the molecule is CC(C)S(=O)(=O)n1c(N)nc2cc(NC(=O)c3cccc([N+](=O)[O-])c3)ccc21. The van der Waals surface area contributed by atoms with Gasteiger partial charge >= 0.3 is 0 Å². The number of amides is 1. The Hall–Kier alpha value is -3.47. The first-order valence-corrected chi connectivity index (χ1v) is 9.69. The van der Waals surface area contributed by atoms with E-state index in [0.29, 0.717) is 16.7 Å².